The van der Waals surface area contributed by atoms with E-state index in [1.165, 1.54) is 0 Å². The number of nitrogens with zero attached hydrogens (tertiary/aromatic N) is 1. The second kappa shape index (κ2) is 14.4. The lowest BCUT2D eigenvalue weighted by molar-refractivity contribution is -0.141. The van der Waals surface area contributed by atoms with Crippen LogP contribution in [0.2, 0.25) is 5.02 Å². The molecule has 0 saturated carbocycles. The van der Waals surface area contributed by atoms with Gasteiger partial charge in [0.15, 0.2) is 0 Å². The highest BCUT2D eigenvalue weighted by Gasteiger charge is 2.16. The minimum atomic E-state index is -0.512. The highest BCUT2D eigenvalue weighted by atomic mass is 35.5. The number of urea groups is 2. The van der Waals surface area contributed by atoms with Crippen molar-refractivity contribution in [1.82, 2.24) is 10.6 Å². The quantitative estimate of drug-likeness (QED) is 0.229. The van der Waals surface area contributed by atoms with E-state index >= 15 is 0 Å². The Morgan fingerprint density at radius 2 is 1.54 bits per heavy atom. The van der Waals surface area contributed by atoms with Crippen molar-refractivity contribution in [2.45, 2.75) is 13.3 Å². The van der Waals surface area contributed by atoms with Crippen LogP contribution in [-0.4, -0.2) is 44.3 Å². The molecule has 9 nitrogen and oxygen atoms in total. The number of esters is 1. The van der Waals surface area contributed by atoms with Crippen molar-refractivity contribution in [1.29, 1.82) is 0 Å². The molecule has 0 aliphatic rings. The van der Waals surface area contributed by atoms with Gasteiger partial charge in [-0.2, -0.15) is 0 Å². The maximum atomic E-state index is 13.1. The Hall–Kier alpha value is -4.24. The summed E-state index contributed by atoms with van der Waals surface area (Å²) in [7, 11) is 0. The Kier molecular flexibility index (Phi) is 10.6. The molecule has 0 bridgehead atoms. The number of ether oxygens (including phenoxy) is 2. The van der Waals surface area contributed by atoms with Crippen LogP contribution in [0, 0.1) is 0 Å². The van der Waals surface area contributed by atoms with Crippen molar-refractivity contribution in [3.8, 4) is 11.5 Å². The summed E-state index contributed by atoms with van der Waals surface area (Å²) in [4.78, 5) is 38.0. The van der Waals surface area contributed by atoms with Gasteiger partial charge >= 0.3 is 18.0 Å². The Labute approximate surface area is 220 Å². The largest absolute Gasteiger partial charge is 0.465 e. The lowest BCUT2D eigenvalue weighted by atomic mass is 10.2. The first-order valence-electron chi connectivity index (χ1n) is 11.8. The first-order valence-corrected chi connectivity index (χ1v) is 12.2. The summed E-state index contributed by atoms with van der Waals surface area (Å²) in [6.07, 6.45) is 0.461. The van der Waals surface area contributed by atoms with Gasteiger partial charge in [0, 0.05) is 29.5 Å². The average Bonchev–Trinajstić information content (AvgIpc) is 2.90. The van der Waals surface area contributed by atoms with Crippen LogP contribution in [0.5, 0.6) is 11.5 Å². The number of amides is 4. The van der Waals surface area contributed by atoms with Crippen molar-refractivity contribution in [3.63, 3.8) is 0 Å². The third-order valence-electron chi connectivity index (χ3n) is 5.01. The molecule has 10 heteroatoms. The number of carbonyl (C=O) groups excluding carboxylic acids is 3. The van der Waals surface area contributed by atoms with E-state index in [1.807, 2.05) is 30.3 Å². The molecule has 3 N–H and O–H groups in total. The highest BCUT2D eigenvalue weighted by molar-refractivity contribution is 6.30. The highest BCUT2D eigenvalue weighted by Crippen LogP contribution is 2.25. The Morgan fingerprint density at radius 1 is 0.865 bits per heavy atom. The van der Waals surface area contributed by atoms with E-state index < -0.39 is 12.0 Å². The second-order valence-corrected chi connectivity index (χ2v) is 8.20. The summed E-state index contributed by atoms with van der Waals surface area (Å²) in [6.45, 7) is 2.32. The molecule has 3 aromatic carbocycles. The summed E-state index contributed by atoms with van der Waals surface area (Å²) in [5, 5.41) is 8.53. The normalized spacial score (nSPS) is 10.2. The van der Waals surface area contributed by atoms with Gasteiger partial charge in [-0.3, -0.25) is 9.69 Å². The lowest BCUT2D eigenvalue weighted by Gasteiger charge is -2.24. The van der Waals surface area contributed by atoms with Crippen molar-refractivity contribution < 1.29 is 23.9 Å². The van der Waals surface area contributed by atoms with Gasteiger partial charge in [0.05, 0.1) is 6.61 Å². The summed E-state index contributed by atoms with van der Waals surface area (Å²) >= 11 is 5.94. The number of nitrogens with one attached hydrogen (secondary N) is 3. The van der Waals surface area contributed by atoms with Crippen molar-refractivity contribution in [2.75, 3.05) is 36.5 Å². The van der Waals surface area contributed by atoms with Gasteiger partial charge < -0.3 is 25.4 Å². The van der Waals surface area contributed by atoms with Gasteiger partial charge in [0.25, 0.3) is 0 Å². The van der Waals surface area contributed by atoms with Crippen LogP contribution in [0.25, 0.3) is 0 Å². The number of hydrogen-bond acceptors (Lipinski definition) is 5. The molecule has 0 unspecified atom stereocenters. The summed E-state index contributed by atoms with van der Waals surface area (Å²) in [5.74, 6) is 0.829. The van der Waals surface area contributed by atoms with Crippen LogP contribution >= 0.6 is 11.6 Å². The molecule has 194 valence electrons. The van der Waals surface area contributed by atoms with Crippen LogP contribution in [0.4, 0.5) is 21.0 Å². The van der Waals surface area contributed by atoms with Crippen molar-refractivity contribution in [3.05, 3.63) is 83.9 Å². The minimum absolute atomic E-state index is 0.216. The zero-order valence-corrected chi connectivity index (χ0v) is 21.2. The van der Waals surface area contributed by atoms with Crippen LogP contribution < -0.4 is 25.6 Å². The summed E-state index contributed by atoms with van der Waals surface area (Å²) < 4.78 is 10.6. The number of benzene rings is 3. The number of halogens is 1. The van der Waals surface area contributed by atoms with Gasteiger partial charge in [-0.25, -0.2) is 9.59 Å². The molecule has 3 aromatic rings. The number of anilines is 2. The van der Waals surface area contributed by atoms with Gasteiger partial charge in [0.2, 0.25) is 0 Å². The summed E-state index contributed by atoms with van der Waals surface area (Å²) in [6, 6.07) is 22.5. The molecule has 0 aromatic heterocycles. The van der Waals surface area contributed by atoms with Gasteiger partial charge in [0.1, 0.15) is 18.0 Å². The number of rotatable bonds is 11. The Balaban J connectivity index is 1.61. The minimum Gasteiger partial charge on any atom is -0.465 e. The van der Waals surface area contributed by atoms with Crippen LogP contribution in [-0.2, 0) is 9.53 Å². The third kappa shape index (κ3) is 9.38. The molecule has 37 heavy (non-hydrogen) atoms. The third-order valence-corrected chi connectivity index (χ3v) is 5.26. The van der Waals surface area contributed by atoms with Crippen LogP contribution in [0.3, 0.4) is 0 Å². The predicted octanol–water partition coefficient (Wildman–Crippen LogP) is 5.42. The zero-order chi connectivity index (χ0) is 26.5. The molecule has 0 aliphatic heterocycles. The maximum absolute atomic E-state index is 13.1. The van der Waals surface area contributed by atoms with E-state index in [0.717, 1.165) is 0 Å². The fourth-order valence-corrected chi connectivity index (χ4v) is 3.38. The van der Waals surface area contributed by atoms with Crippen molar-refractivity contribution >= 4 is 41.0 Å². The molecule has 0 aliphatic carbocycles. The first-order chi connectivity index (χ1) is 17.9. The monoisotopic (exact) mass is 524 g/mol. The van der Waals surface area contributed by atoms with E-state index in [4.69, 9.17) is 21.1 Å². The van der Waals surface area contributed by atoms with E-state index in [0.29, 0.717) is 40.9 Å². The number of hydrogen-bond donors (Lipinski definition) is 3. The van der Waals surface area contributed by atoms with Gasteiger partial charge in [-0.05, 0) is 74.0 Å². The fraction of sp³-hybridized carbons (Fsp3) is 0.222. The number of para-hydroxylation sites is 1. The molecule has 3 rings (SSSR count). The Bertz CT molecular complexity index is 1160. The van der Waals surface area contributed by atoms with Crippen molar-refractivity contribution in [2.24, 2.45) is 0 Å². The lowest BCUT2D eigenvalue weighted by Crippen LogP contribution is -2.41. The topological polar surface area (TPSA) is 109 Å². The first kappa shape index (κ1) is 27.3. The summed E-state index contributed by atoms with van der Waals surface area (Å²) in [5.41, 5.74) is 1.25. The van der Waals surface area contributed by atoms with E-state index in [-0.39, 0.29) is 25.7 Å². The van der Waals surface area contributed by atoms with Crippen LogP contribution in [0.15, 0.2) is 78.9 Å². The molecule has 0 radical (unpaired) electrons. The molecule has 0 atom stereocenters. The standard InChI is InChI=1S/C27H29ClN4O5/c1-2-36-25(33)19-30-26(34)29-17-6-18-32(27(35)31-21-11-9-20(28)10-12-21)22-13-15-24(16-14-22)37-23-7-4-3-5-8-23/h3-5,7-16H,2,6,17-19H2,1H3,(H,31,35)(H2,29,30,34). The molecule has 4 amide bonds. The smallest absolute Gasteiger partial charge is 0.326 e. The maximum Gasteiger partial charge on any atom is 0.326 e. The molecular formula is C27H29ClN4O5. The molecule has 0 spiro atoms. The van der Waals surface area contributed by atoms with E-state index in [1.54, 1.807) is 60.4 Å². The number of carbonyl (C=O) groups is 3. The zero-order valence-electron chi connectivity index (χ0n) is 20.4. The van der Waals surface area contributed by atoms with E-state index in [9.17, 15) is 14.4 Å². The fourth-order valence-electron chi connectivity index (χ4n) is 3.26. The molecular weight excluding hydrogens is 496 g/mol. The molecule has 0 fully saturated rings. The molecule has 0 heterocycles. The van der Waals surface area contributed by atoms with Crippen LogP contribution in [0.1, 0.15) is 13.3 Å². The predicted molar refractivity (Wildman–Crippen MR) is 143 cm³/mol. The van der Waals surface area contributed by atoms with Gasteiger partial charge in [-0.1, -0.05) is 29.8 Å². The SMILES string of the molecule is CCOC(=O)CNC(=O)NCCCN(C(=O)Nc1ccc(Cl)cc1)c1ccc(Oc2ccccc2)cc1. The molecule has 0 saturated heterocycles. The Morgan fingerprint density at radius 3 is 2.22 bits per heavy atom. The van der Waals surface area contributed by atoms with Gasteiger partial charge in [-0.15, -0.1) is 0 Å². The second-order valence-electron chi connectivity index (χ2n) is 7.77. The average molecular weight is 525 g/mol. The van der Waals surface area contributed by atoms with E-state index in [2.05, 4.69) is 16.0 Å².